The Bertz CT molecular complexity index is 528. The molecule has 0 radical (unpaired) electrons. The minimum atomic E-state index is 0.201. The largest absolute Gasteiger partial charge is 0.355 e. The molecule has 0 saturated heterocycles. The summed E-state index contributed by atoms with van der Waals surface area (Å²) in [6.07, 6.45) is 4.62. The Hall–Kier alpha value is -1.62. The zero-order valence-corrected chi connectivity index (χ0v) is 10.8. The van der Waals surface area contributed by atoms with Crippen molar-refractivity contribution in [3.8, 4) is 10.6 Å². The number of hydrogen-bond donors (Lipinski definition) is 2. The highest BCUT2D eigenvalue weighted by Crippen LogP contribution is 2.29. The van der Waals surface area contributed by atoms with E-state index in [1.165, 1.54) is 4.88 Å². The van der Waals surface area contributed by atoms with Crippen molar-refractivity contribution in [2.75, 3.05) is 6.54 Å². The van der Waals surface area contributed by atoms with Crippen LogP contribution < -0.4 is 5.32 Å². The molecule has 2 heterocycles. The van der Waals surface area contributed by atoms with Gasteiger partial charge < -0.3 is 10.3 Å². The predicted molar refractivity (Wildman–Crippen MR) is 71.3 cm³/mol. The summed E-state index contributed by atoms with van der Waals surface area (Å²) >= 11 is 1.68. The lowest BCUT2D eigenvalue weighted by atomic mass is 10.2. The van der Waals surface area contributed by atoms with Crippen LogP contribution >= 0.6 is 11.3 Å². The summed E-state index contributed by atoms with van der Waals surface area (Å²) in [5.74, 6) is 0.482. The molecule has 0 spiro atoms. The molecule has 2 aromatic heterocycles. The summed E-state index contributed by atoms with van der Waals surface area (Å²) in [6.45, 7) is 0.676. The molecular formula is C13H15N3OS. The molecule has 18 heavy (non-hydrogen) atoms. The Morgan fingerprint density at radius 3 is 3.17 bits per heavy atom. The molecule has 0 bridgehead atoms. The first kappa shape index (κ1) is 11.5. The van der Waals surface area contributed by atoms with Crippen molar-refractivity contribution in [3.05, 3.63) is 29.5 Å². The van der Waals surface area contributed by atoms with E-state index in [1.807, 2.05) is 11.4 Å². The Morgan fingerprint density at radius 1 is 1.56 bits per heavy atom. The fraction of sp³-hybridized carbons (Fsp3) is 0.385. The van der Waals surface area contributed by atoms with Gasteiger partial charge in [0.05, 0.1) is 11.2 Å². The zero-order chi connectivity index (χ0) is 12.4. The standard InChI is InChI=1S/C13H15N3OS/c17-13(9-3-4-9)14-6-5-10-12(16-8-15-10)11-2-1-7-18-11/h1-2,7-9H,3-6H2,(H,14,17)(H,15,16). The topological polar surface area (TPSA) is 57.8 Å². The summed E-state index contributed by atoms with van der Waals surface area (Å²) in [7, 11) is 0. The lowest BCUT2D eigenvalue weighted by molar-refractivity contribution is -0.122. The van der Waals surface area contributed by atoms with Crippen LogP contribution in [0.15, 0.2) is 23.8 Å². The van der Waals surface area contributed by atoms with Crippen LogP contribution in [0.25, 0.3) is 10.6 Å². The van der Waals surface area contributed by atoms with Gasteiger partial charge in [0.15, 0.2) is 0 Å². The number of nitrogens with zero attached hydrogens (tertiary/aromatic N) is 1. The van der Waals surface area contributed by atoms with Crippen LogP contribution in [0, 0.1) is 5.92 Å². The smallest absolute Gasteiger partial charge is 0.223 e. The molecule has 4 nitrogen and oxygen atoms in total. The van der Waals surface area contributed by atoms with Gasteiger partial charge in [0.25, 0.3) is 0 Å². The number of carbonyl (C=O) groups excluding carboxylic acids is 1. The Balaban J connectivity index is 1.59. The van der Waals surface area contributed by atoms with Crippen LogP contribution in [0.1, 0.15) is 18.5 Å². The van der Waals surface area contributed by atoms with Crippen molar-refractivity contribution in [3.63, 3.8) is 0 Å². The molecule has 0 aromatic carbocycles. The molecule has 0 atom stereocenters. The third-order valence-corrected chi connectivity index (χ3v) is 3.97. The molecule has 5 heteroatoms. The first-order valence-electron chi connectivity index (χ1n) is 6.18. The van der Waals surface area contributed by atoms with Crippen LogP contribution in [-0.2, 0) is 11.2 Å². The lowest BCUT2D eigenvalue weighted by Gasteiger charge is -2.04. The van der Waals surface area contributed by atoms with Gasteiger partial charge >= 0.3 is 0 Å². The van der Waals surface area contributed by atoms with E-state index in [4.69, 9.17) is 0 Å². The maximum atomic E-state index is 11.5. The number of H-pyrrole nitrogens is 1. The summed E-state index contributed by atoms with van der Waals surface area (Å²) in [4.78, 5) is 20.2. The summed E-state index contributed by atoms with van der Waals surface area (Å²) in [6, 6.07) is 4.08. The molecule has 0 unspecified atom stereocenters. The molecule has 1 fully saturated rings. The van der Waals surface area contributed by atoms with Crippen molar-refractivity contribution in [1.82, 2.24) is 15.3 Å². The second-order valence-electron chi connectivity index (χ2n) is 4.52. The first-order valence-corrected chi connectivity index (χ1v) is 7.06. The van der Waals surface area contributed by atoms with Crippen molar-refractivity contribution in [1.29, 1.82) is 0 Å². The average molecular weight is 261 g/mol. The van der Waals surface area contributed by atoms with E-state index in [0.717, 1.165) is 30.7 Å². The summed E-state index contributed by atoms with van der Waals surface area (Å²) in [5, 5.41) is 5.02. The Labute approximate surface area is 109 Å². The highest BCUT2D eigenvalue weighted by atomic mass is 32.1. The molecule has 94 valence electrons. The quantitative estimate of drug-likeness (QED) is 0.867. The number of aromatic amines is 1. The molecule has 1 amide bonds. The average Bonchev–Trinajstić information content (AvgIpc) is 2.90. The van der Waals surface area contributed by atoms with Crippen LogP contribution in [0.4, 0.5) is 0 Å². The van der Waals surface area contributed by atoms with E-state index < -0.39 is 0 Å². The monoisotopic (exact) mass is 261 g/mol. The maximum Gasteiger partial charge on any atom is 0.223 e. The fourth-order valence-electron chi connectivity index (χ4n) is 1.94. The van der Waals surface area contributed by atoms with E-state index >= 15 is 0 Å². The lowest BCUT2D eigenvalue weighted by Crippen LogP contribution is -2.27. The first-order chi connectivity index (χ1) is 8.84. The van der Waals surface area contributed by atoms with Gasteiger partial charge in [-0.3, -0.25) is 4.79 Å². The third-order valence-electron chi connectivity index (χ3n) is 3.10. The number of imidazole rings is 1. The fourth-order valence-corrected chi connectivity index (χ4v) is 2.69. The minimum absolute atomic E-state index is 0.201. The van der Waals surface area contributed by atoms with Gasteiger partial charge in [0, 0.05) is 24.6 Å². The Morgan fingerprint density at radius 2 is 2.44 bits per heavy atom. The van der Waals surface area contributed by atoms with Gasteiger partial charge in [-0.15, -0.1) is 11.3 Å². The van der Waals surface area contributed by atoms with Gasteiger partial charge in [-0.25, -0.2) is 4.98 Å². The van der Waals surface area contributed by atoms with E-state index in [2.05, 4.69) is 21.4 Å². The zero-order valence-electron chi connectivity index (χ0n) is 9.98. The molecule has 2 N–H and O–H groups in total. The molecular weight excluding hydrogens is 246 g/mol. The number of thiophene rings is 1. The number of amides is 1. The van der Waals surface area contributed by atoms with Crippen molar-refractivity contribution in [2.45, 2.75) is 19.3 Å². The number of rotatable bonds is 5. The van der Waals surface area contributed by atoms with Gasteiger partial charge in [0.1, 0.15) is 5.69 Å². The molecule has 1 saturated carbocycles. The van der Waals surface area contributed by atoms with Crippen LogP contribution in [0.5, 0.6) is 0 Å². The van der Waals surface area contributed by atoms with Crippen LogP contribution in [0.2, 0.25) is 0 Å². The Kier molecular flexibility index (Phi) is 3.15. The SMILES string of the molecule is O=C(NCCc1[nH]cnc1-c1cccs1)C1CC1. The van der Waals surface area contributed by atoms with Crippen molar-refractivity contribution < 1.29 is 4.79 Å². The van der Waals surface area contributed by atoms with Crippen molar-refractivity contribution >= 4 is 17.2 Å². The number of carbonyl (C=O) groups is 1. The molecule has 0 aliphatic heterocycles. The molecule has 3 rings (SSSR count). The van der Waals surface area contributed by atoms with Crippen LogP contribution in [0.3, 0.4) is 0 Å². The van der Waals surface area contributed by atoms with Crippen molar-refractivity contribution in [2.24, 2.45) is 5.92 Å². The molecule has 1 aliphatic rings. The summed E-state index contributed by atoms with van der Waals surface area (Å²) in [5.41, 5.74) is 2.10. The second-order valence-corrected chi connectivity index (χ2v) is 5.47. The number of aromatic nitrogens is 2. The van der Waals surface area contributed by atoms with E-state index in [-0.39, 0.29) is 11.8 Å². The predicted octanol–water partition coefficient (Wildman–Crippen LogP) is 2.21. The van der Waals surface area contributed by atoms with E-state index in [0.29, 0.717) is 6.54 Å². The van der Waals surface area contributed by atoms with Gasteiger partial charge in [-0.05, 0) is 24.3 Å². The second kappa shape index (κ2) is 4.94. The maximum absolute atomic E-state index is 11.5. The van der Waals surface area contributed by atoms with Gasteiger partial charge in [-0.1, -0.05) is 6.07 Å². The molecule has 1 aliphatic carbocycles. The molecule has 2 aromatic rings. The minimum Gasteiger partial charge on any atom is -0.355 e. The van der Waals surface area contributed by atoms with E-state index in [1.54, 1.807) is 17.7 Å². The van der Waals surface area contributed by atoms with Gasteiger partial charge in [0.2, 0.25) is 5.91 Å². The normalized spacial score (nSPS) is 14.7. The van der Waals surface area contributed by atoms with Crippen LogP contribution in [-0.4, -0.2) is 22.4 Å². The highest BCUT2D eigenvalue weighted by Gasteiger charge is 2.29. The third kappa shape index (κ3) is 2.46. The number of nitrogens with one attached hydrogen (secondary N) is 2. The summed E-state index contributed by atoms with van der Waals surface area (Å²) < 4.78 is 0. The van der Waals surface area contributed by atoms with Gasteiger partial charge in [-0.2, -0.15) is 0 Å². The van der Waals surface area contributed by atoms with E-state index in [9.17, 15) is 4.79 Å². The number of hydrogen-bond acceptors (Lipinski definition) is 3. The highest BCUT2D eigenvalue weighted by molar-refractivity contribution is 7.13.